The van der Waals surface area contributed by atoms with Crippen molar-refractivity contribution in [1.29, 1.82) is 0 Å². The fraction of sp³-hybridized carbons (Fsp3) is 0. The van der Waals surface area contributed by atoms with Crippen LogP contribution in [0.1, 0.15) is 20.7 Å². The SMILES string of the molecule is O=C1c2ccccc2C(=O)N1c1cc(Cl)c(S(=O)(=O)O)cc1Cl. The van der Waals surface area contributed by atoms with E-state index in [0.717, 1.165) is 17.0 Å². The van der Waals surface area contributed by atoms with E-state index in [4.69, 9.17) is 27.8 Å². The molecule has 0 atom stereocenters. The molecule has 23 heavy (non-hydrogen) atoms. The third-order valence-electron chi connectivity index (χ3n) is 3.31. The number of carbonyl (C=O) groups is 2. The van der Waals surface area contributed by atoms with Crippen molar-refractivity contribution in [1.82, 2.24) is 0 Å². The van der Waals surface area contributed by atoms with Gasteiger partial charge in [0.25, 0.3) is 21.9 Å². The minimum Gasteiger partial charge on any atom is -0.282 e. The quantitative estimate of drug-likeness (QED) is 0.646. The van der Waals surface area contributed by atoms with Crippen LogP contribution in [0.25, 0.3) is 0 Å². The van der Waals surface area contributed by atoms with Crippen LogP contribution >= 0.6 is 23.2 Å². The summed E-state index contributed by atoms with van der Waals surface area (Å²) in [4.78, 5) is 25.0. The smallest absolute Gasteiger partial charge is 0.282 e. The van der Waals surface area contributed by atoms with Gasteiger partial charge in [-0.15, -0.1) is 0 Å². The van der Waals surface area contributed by atoms with Crippen LogP contribution in [0.3, 0.4) is 0 Å². The number of fused-ring (bicyclic) bond motifs is 1. The van der Waals surface area contributed by atoms with Crippen LogP contribution in [0.2, 0.25) is 10.0 Å². The molecule has 0 spiro atoms. The molecule has 0 aromatic heterocycles. The molecule has 2 aromatic carbocycles. The standard InChI is InChI=1S/C14H7Cl2NO5S/c15-9-6-12(23(20,21)22)10(16)5-11(9)17-13(18)7-3-1-2-4-8(7)14(17)19/h1-6H,(H,20,21,22). The van der Waals surface area contributed by atoms with Crippen molar-refractivity contribution in [3.63, 3.8) is 0 Å². The van der Waals surface area contributed by atoms with Crippen molar-refractivity contribution in [3.8, 4) is 0 Å². The molecule has 1 aliphatic rings. The summed E-state index contributed by atoms with van der Waals surface area (Å²) in [6.07, 6.45) is 0. The molecule has 0 fully saturated rings. The average Bonchev–Trinajstić information content (AvgIpc) is 2.73. The summed E-state index contributed by atoms with van der Waals surface area (Å²) in [5.41, 5.74) is 0.363. The fourth-order valence-electron chi connectivity index (χ4n) is 2.30. The Bertz CT molecular complexity index is 936. The summed E-state index contributed by atoms with van der Waals surface area (Å²) in [7, 11) is -4.58. The van der Waals surface area contributed by atoms with Gasteiger partial charge in [0.2, 0.25) is 0 Å². The van der Waals surface area contributed by atoms with Gasteiger partial charge in [0, 0.05) is 0 Å². The summed E-state index contributed by atoms with van der Waals surface area (Å²) < 4.78 is 31.5. The molecule has 1 heterocycles. The van der Waals surface area contributed by atoms with Gasteiger partial charge in [0.05, 0.1) is 26.9 Å². The number of hydrogen-bond donors (Lipinski definition) is 1. The molecule has 0 bridgehead atoms. The largest absolute Gasteiger partial charge is 0.296 e. The van der Waals surface area contributed by atoms with Crippen LogP contribution in [0.4, 0.5) is 5.69 Å². The summed E-state index contributed by atoms with van der Waals surface area (Å²) in [5.74, 6) is -1.19. The van der Waals surface area contributed by atoms with Gasteiger partial charge in [-0.3, -0.25) is 14.1 Å². The lowest BCUT2D eigenvalue weighted by Crippen LogP contribution is -2.29. The van der Waals surface area contributed by atoms with Gasteiger partial charge in [-0.1, -0.05) is 35.3 Å². The van der Waals surface area contributed by atoms with Gasteiger partial charge in [-0.05, 0) is 24.3 Å². The number of rotatable bonds is 2. The van der Waals surface area contributed by atoms with Gasteiger partial charge >= 0.3 is 0 Å². The molecule has 0 radical (unpaired) electrons. The van der Waals surface area contributed by atoms with Gasteiger partial charge < -0.3 is 0 Å². The highest BCUT2D eigenvalue weighted by Crippen LogP contribution is 2.37. The van der Waals surface area contributed by atoms with Gasteiger partial charge in [-0.25, -0.2) is 4.90 Å². The number of hydrogen-bond acceptors (Lipinski definition) is 4. The Kier molecular flexibility index (Phi) is 3.68. The van der Waals surface area contributed by atoms with Crippen LogP contribution in [0, 0.1) is 0 Å². The highest BCUT2D eigenvalue weighted by molar-refractivity contribution is 7.86. The predicted octanol–water partition coefficient (Wildman–Crippen LogP) is 3.04. The van der Waals surface area contributed by atoms with E-state index >= 15 is 0 Å². The van der Waals surface area contributed by atoms with E-state index in [-0.39, 0.29) is 26.9 Å². The number of amides is 2. The predicted molar refractivity (Wildman–Crippen MR) is 83.9 cm³/mol. The third-order valence-corrected chi connectivity index (χ3v) is 4.94. The second-order valence-corrected chi connectivity index (χ2v) is 6.90. The average molecular weight is 372 g/mol. The Labute approximate surface area is 141 Å². The van der Waals surface area contributed by atoms with E-state index in [1.807, 2.05) is 0 Å². The monoisotopic (exact) mass is 371 g/mol. The van der Waals surface area contributed by atoms with Crippen LogP contribution in [-0.4, -0.2) is 24.8 Å². The molecule has 1 aliphatic heterocycles. The molecule has 3 rings (SSSR count). The molecular formula is C14H7Cl2NO5S. The van der Waals surface area contributed by atoms with E-state index < -0.39 is 26.8 Å². The Morgan fingerprint density at radius 1 is 0.913 bits per heavy atom. The first-order valence-electron chi connectivity index (χ1n) is 6.16. The van der Waals surface area contributed by atoms with Crippen LogP contribution < -0.4 is 4.90 Å². The van der Waals surface area contributed by atoms with E-state index in [9.17, 15) is 18.0 Å². The molecule has 0 unspecified atom stereocenters. The first kappa shape index (κ1) is 15.9. The molecule has 118 valence electrons. The number of nitrogens with zero attached hydrogens (tertiary/aromatic N) is 1. The second-order valence-electron chi connectivity index (χ2n) is 4.70. The summed E-state index contributed by atoms with van der Waals surface area (Å²) in [6.45, 7) is 0. The topological polar surface area (TPSA) is 91.8 Å². The van der Waals surface area contributed by atoms with Crippen LogP contribution in [0.15, 0.2) is 41.3 Å². The second kappa shape index (κ2) is 5.31. The van der Waals surface area contributed by atoms with Crippen LogP contribution in [-0.2, 0) is 10.1 Å². The number of imide groups is 1. The maximum Gasteiger partial charge on any atom is 0.296 e. The molecule has 6 nitrogen and oxygen atoms in total. The fourth-order valence-corrected chi connectivity index (χ4v) is 3.63. The van der Waals surface area contributed by atoms with E-state index in [1.165, 1.54) is 12.1 Å². The highest BCUT2D eigenvalue weighted by atomic mass is 35.5. The van der Waals surface area contributed by atoms with E-state index in [1.54, 1.807) is 12.1 Å². The third kappa shape index (κ3) is 2.51. The number of carbonyl (C=O) groups excluding carboxylic acids is 2. The van der Waals surface area contributed by atoms with Gasteiger partial charge in [0.15, 0.2) is 0 Å². The van der Waals surface area contributed by atoms with Crippen molar-refractivity contribution in [2.45, 2.75) is 4.90 Å². The molecule has 0 aliphatic carbocycles. The zero-order valence-electron chi connectivity index (χ0n) is 11.2. The number of benzene rings is 2. The van der Waals surface area contributed by atoms with Gasteiger partial charge in [0.1, 0.15) is 4.90 Å². The lowest BCUT2D eigenvalue weighted by atomic mass is 10.1. The summed E-state index contributed by atoms with van der Waals surface area (Å²) >= 11 is 11.8. The lowest BCUT2D eigenvalue weighted by Gasteiger charge is -2.16. The van der Waals surface area contributed by atoms with E-state index in [2.05, 4.69) is 0 Å². The Hall–Kier alpha value is -1.93. The van der Waals surface area contributed by atoms with Crippen molar-refractivity contribution >= 4 is 50.8 Å². The molecule has 0 saturated heterocycles. The van der Waals surface area contributed by atoms with Crippen molar-refractivity contribution in [2.24, 2.45) is 0 Å². The maximum absolute atomic E-state index is 12.4. The normalized spacial score (nSPS) is 14.3. The minimum atomic E-state index is -4.58. The molecule has 9 heteroatoms. The van der Waals surface area contributed by atoms with E-state index in [0.29, 0.717) is 0 Å². The molecular weight excluding hydrogens is 365 g/mol. The minimum absolute atomic E-state index is 0.0599. The van der Waals surface area contributed by atoms with Crippen LogP contribution in [0.5, 0.6) is 0 Å². The summed E-state index contributed by atoms with van der Waals surface area (Å²) in [5, 5.41) is -0.569. The van der Waals surface area contributed by atoms with Crippen molar-refractivity contribution < 1.29 is 22.6 Å². The number of anilines is 1. The Balaban J connectivity index is 2.17. The molecule has 1 N–H and O–H groups in total. The molecule has 2 amide bonds. The first-order valence-corrected chi connectivity index (χ1v) is 8.36. The molecule has 2 aromatic rings. The van der Waals surface area contributed by atoms with Gasteiger partial charge in [-0.2, -0.15) is 8.42 Å². The Morgan fingerprint density at radius 2 is 1.43 bits per heavy atom. The Morgan fingerprint density at radius 3 is 1.91 bits per heavy atom. The zero-order valence-corrected chi connectivity index (χ0v) is 13.5. The first-order chi connectivity index (χ1) is 10.7. The summed E-state index contributed by atoms with van der Waals surface area (Å²) in [6, 6.07) is 8.16. The van der Waals surface area contributed by atoms with Crippen molar-refractivity contribution in [2.75, 3.05) is 4.90 Å². The molecule has 0 saturated carbocycles. The maximum atomic E-state index is 12.4. The highest BCUT2D eigenvalue weighted by Gasteiger charge is 2.38. The van der Waals surface area contributed by atoms with Crippen molar-refractivity contribution in [3.05, 3.63) is 57.6 Å². The number of halogens is 2. The lowest BCUT2D eigenvalue weighted by molar-refractivity contribution is 0.0926. The zero-order chi connectivity index (χ0) is 16.9.